The van der Waals surface area contributed by atoms with Crippen molar-refractivity contribution >= 4 is 38.6 Å². The van der Waals surface area contributed by atoms with Gasteiger partial charge in [0, 0.05) is 16.0 Å². The van der Waals surface area contributed by atoms with Crippen LogP contribution in [0.2, 0.25) is 0 Å². The van der Waals surface area contributed by atoms with Gasteiger partial charge in [0.05, 0.1) is 0 Å². The van der Waals surface area contributed by atoms with E-state index >= 15 is 0 Å². The summed E-state index contributed by atoms with van der Waals surface area (Å²) in [7, 11) is 0. The van der Waals surface area contributed by atoms with Crippen LogP contribution in [-0.2, 0) is 4.79 Å². The lowest BCUT2D eigenvalue weighted by Gasteiger charge is -2.29. The zero-order chi connectivity index (χ0) is 16.4. The van der Waals surface area contributed by atoms with E-state index in [4.69, 9.17) is 0 Å². The summed E-state index contributed by atoms with van der Waals surface area (Å²) < 4.78 is 0.349. The summed E-state index contributed by atoms with van der Waals surface area (Å²) in [5, 5.41) is 0.780. The first-order valence-corrected chi connectivity index (χ1v) is 8.91. The van der Waals surface area contributed by atoms with Gasteiger partial charge < -0.3 is 0 Å². The summed E-state index contributed by atoms with van der Waals surface area (Å²) in [6, 6.07) is 17.8. The molecule has 0 saturated heterocycles. The zero-order valence-corrected chi connectivity index (χ0v) is 15.1. The van der Waals surface area contributed by atoms with Gasteiger partial charge >= 0.3 is 0 Å². The third-order valence-electron chi connectivity index (χ3n) is 4.02. The molecule has 1 aliphatic rings. The monoisotopic (exact) mass is 385 g/mol. The van der Waals surface area contributed by atoms with Crippen LogP contribution in [0.1, 0.15) is 24.0 Å². The second-order valence-electron chi connectivity index (χ2n) is 5.56. The topological polar surface area (TPSA) is 29.4 Å². The Hall–Kier alpha value is -1.65. The van der Waals surface area contributed by atoms with Crippen LogP contribution >= 0.6 is 27.7 Å². The number of aliphatic imine (C=N–C) groups is 1. The molecule has 2 atom stereocenters. The van der Waals surface area contributed by atoms with E-state index in [9.17, 15) is 4.79 Å². The molecule has 1 heterocycles. The van der Waals surface area contributed by atoms with Crippen molar-refractivity contribution in [2.24, 2.45) is 4.99 Å². The van der Waals surface area contributed by atoms with E-state index in [1.54, 1.807) is 0 Å². The van der Waals surface area contributed by atoms with Crippen molar-refractivity contribution in [2.75, 3.05) is 0 Å². The molecule has 0 unspecified atom stereocenters. The Morgan fingerprint density at radius 1 is 1.17 bits per heavy atom. The van der Waals surface area contributed by atoms with Crippen LogP contribution < -0.4 is 0 Å². The van der Waals surface area contributed by atoms with Gasteiger partial charge in [0.1, 0.15) is 9.79 Å². The van der Waals surface area contributed by atoms with E-state index in [1.807, 2.05) is 67.6 Å². The fourth-order valence-corrected chi connectivity index (χ4v) is 4.26. The molecule has 0 aliphatic carbocycles. The van der Waals surface area contributed by atoms with Crippen LogP contribution in [0.15, 0.2) is 76.7 Å². The Bertz CT molecular complexity index is 770. The van der Waals surface area contributed by atoms with Crippen molar-refractivity contribution in [3.8, 4) is 0 Å². The van der Waals surface area contributed by atoms with Gasteiger partial charge in [-0.1, -0.05) is 76.2 Å². The van der Waals surface area contributed by atoms with Gasteiger partial charge in [0.15, 0.2) is 0 Å². The number of hydrogen-bond acceptors (Lipinski definition) is 2. The molecule has 1 aliphatic heterocycles. The molecular weight excluding hydrogens is 370 g/mol. The predicted octanol–water partition coefficient (Wildman–Crippen LogP) is 5.20. The van der Waals surface area contributed by atoms with Gasteiger partial charge in [0.2, 0.25) is 0 Å². The molecule has 0 saturated carbocycles. The Morgan fingerprint density at radius 3 is 2.43 bits per heavy atom. The highest BCUT2D eigenvalue weighted by molar-refractivity contribution is 9.10. The van der Waals surface area contributed by atoms with Crippen LogP contribution in [0.5, 0.6) is 0 Å². The fourth-order valence-electron chi connectivity index (χ4n) is 2.72. The second kappa shape index (κ2) is 6.46. The molecule has 2 aromatic rings. The van der Waals surface area contributed by atoms with Crippen molar-refractivity contribution in [1.29, 1.82) is 0 Å². The molecule has 4 heteroatoms. The van der Waals surface area contributed by atoms with Gasteiger partial charge in [0.25, 0.3) is 5.91 Å². The van der Waals surface area contributed by atoms with Crippen LogP contribution in [0.25, 0.3) is 0 Å². The van der Waals surface area contributed by atoms with Crippen molar-refractivity contribution in [1.82, 2.24) is 0 Å². The van der Waals surface area contributed by atoms with Crippen LogP contribution in [-0.4, -0.2) is 15.7 Å². The van der Waals surface area contributed by atoms with Gasteiger partial charge in [-0.2, -0.15) is 0 Å². The first-order chi connectivity index (χ1) is 11.0. The SMILES string of the molecule is C=C[C@H](c1ccc(Br)cc1)[C@@]1(C)SC(c2ccccc2)=NC1=O. The molecule has 0 radical (unpaired) electrons. The Balaban J connectivity index is 1.94. The molecule has 2 nitrogen and oxygen atoms in total. The first-order valence-electron chi connectivity index (χ1n) is 7.30. The van der Waals surface area contributed by atoms with Gasteiger partial charge in [-0.05, 0) is 24.6 Å². The average Bonchev–Trinajstić information content (AvgIpc) is 2.87. The highest BCUT2D eigenvalue weighted by Gasteiger charge is 2.47. The fraction of sp³-hybridized carbons (Fsp3) is 0.158. The molecule has 0 bridgehead atoms. The Morgan fingerprint density at radius 2 is 1.83 bits per heavy atom. The Kier molecular flexibility index (Phi) is 4.55. The normalized spacial score (nSPS) is 21.8. The lowest BCUT2D eigenvalue weighted by Crippen LogP contribution is -2.34. The van der Waals surface area contributed by atoms with E-state index in [0.717, 1.165) is 20.6 Å². The molecule has 0 fully saturated rings. The number of halogens is 1. The second-order valence-corrected chi connectivity index (χ2v) is 7.92. The summed E-state index contributed by atoms with van der Waals surface area (Å²) in [6.45, 7) is 5.91. The third kappa shape index (κ3) is 3.06. The lowest BCUT2D eigenvalue weighted by atomic mass is 9.86. The first kappa shape index (κ1) is 16.2. The summed E-state index contributed by atoms with van der Waals surface area (Å²) in [6.07, 6.45) is 1.84. The van der Waals surface area contributed by atoms with E-state index in [-0.39, 0.29) is 11.8 Å². The van der Waals surface area contributed by atoms with E-state index < -0.39 is 4.75 Å². The number of hydrogen-bond donors (Lipinski definition) is 0. The summed E-state index contributed by atoms with van der Waals surface area (Å²) >= 11 is 4.97. The molecule has 0 spiro atoms. The quantitative estimate of drug-likeness (QED) is 0.676. The van der Waals surface area contributed by atoms with E-state index in [1.165, 1.54) is 11.8 Å². The summed E-state index contributed by atoms with van der Waals surface area (Å²) in [5.74, 6) is -0.202. The maximum Gasteiger partial charge on any atom is 0.264 e. The van der Waals surface area contributed by atoms with E-state index in [0.29, 0.717) is 0 Å². The lowest BCUT2D eigenvalue weighted by molar-refractivity contribution is -0.119. The largest absolute Gasteiger partial charge is 0.271 e. The number of carbonyl (C=O) groups excluding carboxylic acids is 1. The van der Waals surface area contributed by atoms with Gasteiger partial charge in [-0.15, -0.1) is 6.58 Å². The van der Waals surface area contributed by atoms with Crippen LogP contribution in [0, 0.1) is 0 Å². The van der Waals surface area contributed by atoms with Crippen LogP contribution in [0.3, 0.4) is 0 Å². The number of allylic oxidation sites excluding steroid dienone is 1. The van der Waals surface area contributed by atoms with Gasteiger partial charge in [-0.3, -0.25) is 4.79 Å². The molecule has 116 valence electrons. The highest BCUT2D eigenvalue weighted by Crippen LogP contribution is 2.46. The minimum absolute atomic E-state index is 0.0990. The number of nitrogens with zero attached hydrogens (tertiary/aromatic N) is 1. The minimum Gasteiger partial charge on any atom is -0.271 e. The molecule has 1 amide bonds. The average molecular weight is 386 g/mol. The highest BCUT2D eigenvalue weighted by atomic mass is 79.9. The van der Waals surface area contributed by atoms with Crippen molar-refractivity contribution < 1.29 is 4.79 Å². The molecule has 0 N–H and O–H groups in total. The predicted molar refractivity (Wildman–Crippen MR) is 101 cm³/mol. The Labute approximate surface area is 148 Å². The number of thioether (sulfide) groups is 1. The number of carbonyl (C=O) groups is 1. The molecule has 2 aromatic carbocycles. The molecule has 3 rings (SSSR count). The van der Waals surface area contributed by atoms with Crippen molar-refractivity contribution in [3.05, 3.63) is 82.9 Å². The van der Waals surface area contributed by atoms with Gasteiger partial charge in [-0.25, -0.2) is 4.99 Å². The van der Waals surface area contributed by atoms with E-state index in [2.05, 4.69) is 27.5 Å². The number of rotatable bonds is 4. The summed E-state index contributed by atoms with van der Waals surface area (Å²) in [4.78, 5) is 17.0. The third-order valence-corrected chi connectivity index (χ3v) is 5.92. The number of amides is 1. The van der Waals surface area contributed by atoms with Crippen LogP contribution in [0.4, 0.5) is 0 Å². The van der Waals surface area contributed by atoms with Crippen molar-refractivity contribution in [2.45, 2.75) is 17.6 Å². The minimum atomic E-state index is -0.666. The smallest absolute Gasteiger partial charge is 0.264 e. The summed E-state index contributed by atoms with van der Waals surface area (Å²) in [5.41, 5.74) is 2.05. The molecule has 23 heavy (non-hydrogen) atoms. The standard InChI is InChI=1S/C19H16BrNOS/c1-3-16(13-9-11-15(20)12-10-13)19(2)18(22)21-17(23-19)14-7-5-4-6-8-14/h3-12,16H,1H2,2H3/t16-,19-/m1/s1. The maximum absolute atomic E-state index is 12.7. The zero-order valence-electron chi connectivity index (χ0n) is 12.7. The molecular formula is C19H16BrNOS. The van der Waals surface area contributed by atoms with Crippen molar-refractivity contribution in [3.63, 3.8) is 0 Å². The number of benzene rings is 2. The maximum atomic E-state index is 12.7. The molecule has 0 aromatic heterocycles.